The van der Waals surface area contributed by atoms with Gasteiger partial charge in [-0.3, -0.25) is 9.10 Å². The van der Waals surface area contributed by atoms with Gasteiger partial charge in [0.25, 0.3) is 10.0 Å². The van der Waals surface area contributed by atoms with Crippen LogP contribution < -0.4 is 9.62 Å². The second kappa shape index (κ2) is 9.79. The number of benzene rings is 3. The van der Waals surface area contributed by atoms with Crippen molar-refractivity contribution >= 4 is 21.6 Å². The Hall–Kier alpha value is -3.12. The molecule has 0 radical (unpaired) electrons. The van der Waals surface area contributed by atoms with Gasteiger partial charge in [0, 0.05) is 5.54 Å². The molecule has 0 unspecified atom stereocenters. The number of aryl methyl sites for hydroxylation is 3. The summed E-state index contributed by atoms with van der Waals surface area (Å²) in [5.41, 5.74) is 3.73. The lowest BCUT2D eigenvalue weighted by molar-refractivity contribution is -0.121. The van der Waals surface area contributed by atoms with Crippen molar-refractivity contribution in [1.29, 1.82) is 0 Å². The molecule has 0 saturated heterocycles. The van der Waals surface area contributed by atoms with E-state index in [1.807, 2.05) is 83.1 Å². The van der Waals surface area contributed by atoms with E-state index in [9.17, 15) is 13.2 Å². The summed E-state index contributed by atoms with van der Waals surface area (Å²) in [7, 11) is -3.95. The molecule has 33 heavy (non-hydrogen) atoms. The number of anilines is 1. The first kappa shape index (κ1) is 24.5. The average Bonchev–Trinajstić information content (AvgIpc) is 2.74. The summed E-state index contributed by atoms with van der Waals surface area (Å²) < 4.78 is 28.5. The molecule has 0 saturated carbocycles. The molecule has 5 nitrogen and oxygen atoms in total. The first-order valence-electron chi connectivity index (χ1n) is 11.0. The third-order valence-corrected chi connectivity index (χ3v) is 7.27. The van der Waals surface area contributed by atoms with Gasteiger partial charge in [-0.15, -0.1) is 0 Å². The third kappa shape index (κ3) is 6.23. The number of carbonyl (C=O) groups is 1. The molecule has 0 heterocycles. The topological polar surface area (TPSA) is 66.5 Å². The predicted octanol–water partition coefficient (Wildman–Crippen LogP) is 4.94. The quantitative estimate of drug-likeness (QED) is 0.513. The standard InChI is InChI=1S/C27H32N2O3S/c1-20-12-15-24(16-13-20)33(31,32)29(25-17-21(2)11-14-22(25)3)19-26(30)28-27(4,5)18-23-9-7-6-8-10-23/h6-17H,18-19H2,1-5H3,(H,28,30). The highest BCUT2D eigenvalue weighted by atomic mass is 32.2. The van der Waals surface area contributed by atoms with E-state index in [0.717, 1.165) is 22.3 Å². The Morgan fingerprint density at radius 3 is 2.12 bits per heavy atom. The number of hydrogen-bond acceptors (Lipinski definition) is 3. The Labute approximate surface area is 197 Å². The molecule has 0 bridgehead atoms. The first-order valence-corrected chi connectivity index (χ1v) is 12.4. The maximum Gasteiger partial charge on any atom is 0.264 e. The van der Waals surface area contributed by atoms with Crippen LogP contribution in [0.15, 0.2) is 77.7 Å². The SMILES string of the molecule is Cc1ccc(S(=O)(=O)N(CC(=O)NC(C)(C)Cc2ccccc2)c2cc(C)ccc2C)cc1. The predicted molar refractivity (Wildman–Crippen MR) is 134 cm³/mol. The van der Waals surface area contributed by atoms with E-state index >= 15 is 0 Å². The van der Waals surface area contributed by atoms with Crippen molar-refractivity contribution in [2.75, 3.05) is 10.8 Å². The molecule has 0 spiro atoms. The van der Waals surface area contributed by atoms with Gasteiger partial charge in [0.2, 0.25) is 5.91 Å². The summed E-state index contributed by atoms with van der Waals surface area (Å²) in [6.07, 6.45) is 0.633. The Morgan fingerprint density at radius 2 is 1.48 bits per heavy atom. The molecule has 6 heteroatoms. The maximum atomic E-state index is 13.6. The fourth-order valence-electron chi connectivity index (χ4n) is 3.82. The maximum absolute atomic E-state index is 13.6. The van der Waals surface area contributed by atoms with Crippen LogP contribution >= 0.6 is 0 Å². The lowest BCUT2D eigenvalue weighted by Crippen LogP contribution is -2.50. The summed E-state index contributed by atoms with van der Waals surface area (Å²) in [5.74, 6) is -0.354. The monoisotopic (exact) mass is 464 g/mol. The summed E-state index contributed by atoms with van der Waals surface area (Å²) in [6.45, 7) is 9.23. The molecule has 174 valence electrons. The fraction of sp³-hybridized carbons (Fsp3) is 0.296. The summed E-state index contributed by atoms with van der Waals surface area (Å²) in [4.78, 5) is 13.3. The van der Waals surface area contributed by atoms with Crippen LogP contribution in [0.5, 0.6) is 0 Å². The zero-order valence-electron chi connectivity index (χ0n) is 19.9. The van der Waals surface area contributed by atoms with E-state index < -0.39 is 15.6 Å². The van der Waals surface area contributed by atoms with Crippen molar-refractivity contribution in [2.24, 2.45) is 0 Å². The molecule has 1 N–H and O–H groups in total. The van der Waals surface area contributed by atoms with Crippen molar-refractivity contribution in [1.82, 2.24) is 5.32 Å². The van der Waals surface area contributed by atoms with Crippen molar-refractivity contribution in [3.05, 3.63) is 95.1 Å². The van der Waals surface area contributed by atoms with Gasteiger partial charge in [0.15, 0.2) is 0 Å². The van der Waals surface area contributed by atoms with E-state index in [4.69, 9.17) is 0 Å². The van der Waals surface area contributed by atoms with Gasteiger partial charge in [-0.25, -0.2) is 8.42 Å². The van der Waals surface area contributed by atoms with E-state index in [1.165, 1.54) is 4.31 Å². The molecular formula is C27H32N2O3S. The number of carbonyl (C=O) groups excluding carboxylic acids is 1. The first-order chi connectivity index (χ1) is 15.5. The summed E-state index contributed by atoms with van der Waals surface area (Å²) in [6, 6.07) is 22.2. The van der Waals surface area contributed by atoms with Crippen LogP contribution in [0.3, 0.4) is 0 Å². The van der Waals surface area contributed by atoms with Gasteiger partial charge in [0.05, 0.1) is 10.6 Å². The number of amides is 1. The molecule has 0 aliphatic heterocycles. The van der Waals surface area contributed by atoms with E-state index in [0.29, 0.717) is 12.1 Å². The molecule has 3 aromatic rings. The molecule has 3 rings (SSSR count). The lowest BCUT2D eigenvalue weighted by atomic mass is 9.95. The van der Waals surface area contributed by atoms with Crippen molar-refractivity contribution in [3.8, 4) is 0 Å². The minimum absolute atomic E-state index is 0.158. The Morgan fingerprint density at radius 1 is 0.879 bits per heavy atom. The smallest absolute Gasteiger partial charge is 0.264 e. The summed E-state index contributed by atoms with van der Waals surface area (Å²) in [5, 5.41) is 3.03. The second-order valence-electron chi connectivity index (χ2n) is 9.21. The van der Waals surface area contributed by atoms with E-state index in [-0.39, 0.29) is 17.3 Å². The molecule has 0 atom stereocenters. The van der Waals surface area contributed by atoms with E-state index in [2.05, 4.69) is 5.32 Å². The van der Waals surface area contributed by atoms with Crippen molar-refractivity contribution in [2.45, 2.75) is 51.5 Å². The molecule has 3 aromatic carbocycles. The number of sulfonamides is 1. The van der Waals surface area contributed by atoms with Gasteiger partial charge < -0.3 is 5.32 Å². The zero-order valence-corrected chi connectivity index (χ0v) is 20.7. The third-order valence-electron chi connectivity index (χ3n) is 5.50. The normalized spacial score (nSPS) is 11.8. The minimum Gasteiger partial charge on any atom is -0.349 e. The fourth-order valence-corrected chi connectivity index (χ4v) is 5.30. The highest BCUT2D eigenvalue weighted by molar-refractivity contribution is 7.92. The van der Waals surface area contributed by atoms with E-state index in [1.54, 1.807) is 24.3 Å². The van der Waals surface area contributed by atoms with Crippen LogP contribution in [0, 0.1) is 20.8 Å². The highest BCUT2D eigenvalue weighted by Crippen LogP contribution is 2.28. The van der Waals surface area contributed by atoms with Gasteiger partial charge in [-0.2, -0.15) is 0 Å². The molecule has 0 aliphatic rings. The number of rotatable bonds is 8. The number of hydrogen-bond donors (Lipinski definition) is 1. The highest BCUT2D eigenvalue weighted by Gasteiger charge is 2.30. The Balaban J connectivity index is 1.92. The Kier molecular flexibility index (Phi) is 7.28. The number of nitrogens with one attached hydrogen (secondary N) is 1. The molecule has 0 aliphatic carbocycles. The van der Waals surface area contributed by atoms with Gasteiger partial charge >= 0.3 is 0 Å². The lowest BCUT2D eigenvalue weighted by Gasteiger charge is -2.30. The van der Waals surface area contributed by atoms with Crippen molar-refractivity contribution in [3.63, 3.8) is 0 Å². The largest absolute Gasteiger partial charge is 0.349 e. The van der Waals surface area contributed by atoms with Gasteiger partial charge in [-0.05, 0) is 75.9 Å². The minimum atomic E-state index is -3.95. The Bertz CT molecular complexity index is 1220. The van der Waals surface area contributed by atoms with Gasteiger partial charge in [0.1, 0.15) is 6.54 Å². The van der Waals surface area contributed by atoms with Crippen LogP contribution in [-0.4, -0.2) is 26.4 Å². The molecular weight excluding hydrogens is 432 g/mol. The van der Waals surface area contributed by atoms with Crippen molar-refractivity contribution < 1.29 is 13.2 Å². The van der Waals surface area contributed by atoms with Crippen LogP contribution in [-0.2, 0) is 21.2 Å². The van der Waals surface area contributed by atoms with Crippen LogP contribution in [0.25, 0.3) is 0 Å². The molecule has 1 amide bonds. The molecule has 0 aromatic heterocycles. The van der Waals surface area contributed by atoms with Crippen LogP contribution in [0.1, 0.15) is 36.1 Å². The van der Waals surface area contributed by atoms with Gasteiger partial charge in [-0.1, -0.05) is 60.2 Å². The van der Waals surface area contributed by atoms with Crippen LogP contribution in [0.2, 0.25) is 0 Å². The zero-order chi connectivity index (χ0) is 24.2. The average molecular weight is 465 g/mol. The second-order valence-corrected chi connectivity index (χ2v) is 11.1. The van der Waals surface area contributed by atoms with Crippen LogP contribution in [0.4, 0.5) is 5.69 Å². The molecule has 0 fully saturated rings. The number of nitrogens with zero attached hydrogens (tertiary/aromatic N) is 1. The summed E-state index contributed by atoms with van der Waals surface area (Å²) >= 11 is 0.